The molecule has 0 saturated heterocycles. The van der Waals surface area contributed by atoms with E-state index in [9.17, 15) is 0 Å². The molecule has 1 aliphatic rings. The molecule has 0 amide bonds. The number of anilines is 1. The molecule has 0 unspecified atom stereocenters. The van der Waals surface area contributed by atoms with Gasteiger partial charge in [0, 0.05) is 19.3 Å². The quantitative estimate of drug-likeness (QED) is 0.737. The monoisotopic (exact) mass is 229 g/mol. The Bertz CT molecular complexity index is 429. The Hall–Kier alpha value is -1.24. The van der Waals surface area contributed by atoms with Gasteiger partial charge >= 0.3 is 0 Å². The van der Waals surface area contributed by atoms with Crippen LogP contribution in [0, 0.1) is 5.92 Å². The molecule has 0 aliphatic carbocycles. The average Bonchev–Trinajstić information content (AvgIpc) is 2.29. The summed E-state index contributed by atoms with van der Waals surface area (Å²) < 4.78 is 0. The van der Waals surface area contributed by atoms with Crippen molar-refractivity contribution in [3.63, 3.8) is 0 Å². The van der Waals surface area contributed by atoms with Crippen LogP contribution in [0.25, 0.3) is 6.08 Å². The van der Waals surface area contributed by atoms with Crippen molar-refractivity contribution in [3.8, 4) is 0 Å². The molecule has 0 saturated carbocycles. The van der Waals surface area contributed by atoms with Crippen molar-refractivity contribution in [2.45, 2.75) is 33.6 Å². The summed E-state index contributed by atoms with van der Waals surface area (Å²) in [4.78, 5) is 2.36. The minimum Gasteiger partial charge on any atom is -0.374 e. The van der Waals surface area contributed by atoms with Gasteiger partial charge in [0.1, 0.15) is 0 Å². The Kier molecular flexibility index (Phi) is 3.56. The summed E-state index contributed by atoms with van der Waals surface area (Å²) in [5.41, 5.74) is 5.72. The van der Waals surface area contributed by atoms with Crippen LogP contribution >= 0.6 is 0 Å². The average molecular weight is 229 g/mol. The lowest BCUT2D eigenvalue weighted by molar-refractivity contribution is 0.744. The summed E-state index contributed by atoms with van der Waals surface area (Å²) in [6.45, 7) is 7.90. The van der Waals surface area contributed by atoms with E-state index in [1.165, 1.54) is 41.8 Å². The van der Waals surface area contributed by atoms with E-state index >= 15 is 0 Å². The Morgan fingerprint density at radius 2 is 2.12 bits per heavy atom. The van der Waals surface area contributed by atoms with Gasteiger partial charge in [0.05, 0.1) is 0 Å². The highest BCUT2D eigenvalue weighted by Gasteiger charge is 2.13. The zero-order valence-corrected chi connectivity index (χ0v) is 11.5. The minimum absolute atomic E-state index is 0.633. The number of fused-ring (bicyclic) bond motifs is 1. The number of allylic oxidation sites excluding steroid dienone is 1. The third-order valence-electron chi connectivity index (χ3n) is 3.76. The Morgan fingerprint density at radius 1 is 1.35 bits per heavy atom. The molecular formula is C16H23N. The van der Waals surface area contributed by atoms with Crippen LogP contribution in [0.15, 0.2) is 23.8 Å². The van der Waals surface area contributed by atoms with Crippen LogP contribution in [-0.4, -0.2) is 13.6 Å². The first kappa shape index (κ1) is 12.2. The molecule has 0 N–H and O–H groups in total. The van der Waals surface area contributed by atoms with Gasteiger partial charge in [-0.25, -0.2) is 0 Å². The van der Waals surface area contributed by atoms with Gasteiger partial charge in [0.25, 0.3) is 0 Å². The van der Waals surface area contributed by atoms with Gasteiger partial charge in [-0.1, -0.05) is 31.6 Å². The summed E-state index contributed by atoms with van der Waals surface area (Å²) in [7, 11) is 2.19. The normalized spacial score (nSPS) is 16.3. The van der Waals surface area contributed by atoms with Gasteiger partial charge in [0.15, 0.2) is 0 Å². The van der Waals surface area contributed by atoms with E-state index in [1.54, 1.807) is 0 Å². The fourth-order valence-electron chi connectivity index (χ4n) is 2.32. The highest BCUT2D eigenvalue weighted by Crippen LogP contribution is 2.27. The van der Waals surface area contributed by atoms with Crippen LogP contribution in [-0.2, 0) is 6.42 Å². The molecule has 1 aromatic carbocycles. The van der Waals surface area contributed by atoms with Crippen molar-refractivity contribution in [2.75, 3.05) is 18.5 Å². The van der Waals surface area contributed by atoms with Crippen LogP contribution in [0.5, 0.6) is 0 Å². The number of nitrogens with zero attached hydrogens (tertiary/aromatic N) is 1. The van der Waals surface area contributed by atoms with E-state index in [-0.39, 0.29) is 0 Å². The maximum absolute atomic E-state index is 2.36. The predicted molar refractivity (Wildman–Crippen MR) is 76.5 cm³/mol. The maximum atomic E-state index is 2.36. The molecule has 17 heavy (non-hydrogen) atoms. The first-order valence-corrected chi connectivity index (χ1v) is 6.60. The molecular weight excluding hydrogens is 206 g/mol. The van der Waals surface area contributed by atoms with Crippen LogP contribution in [0.1, 0.15) is 38.3 Å². The predicted octanol–water partition coefficient (Wildman–Crippen LogP) is 4.13. The first-order valence-electron chi connectivity index (χ1n) is 6.60. The smallest absolute Gasteiger partial charge is 0.0396 e. The Labute approximate surface area is 105 Å². The fraction of sp³-hybridized carbons (Fsp3) is 0.500. The highest BCUT2D eigenvalue weighted by molar-refractivity contribution is 5.62. The van der Waals surface area contributed by atoms with Crippen LogP contribution in [0.3, 0.4) is 0 Å². The van der Waals surface area contributed by atoms with E-state index in [0.29, 0.717) is 5.92 Å². The van der Waals surface area contributed by atoms with Gasteiger partial charge in [0.2, 0.25) is 0 Å². The topological polar surface area (TPSA) is 3.24 Å². The summed E-state index contributed by atoms with van der Waals surface area (Å²) in [6, 6.07) is 6.87. The molecule has 1 aromatic rings. The van der Waals surface area contributed by atoms with Gasteiger partial charge in [-0.2, -0.15) is 0 Å². The highest BCUT2D eigenvalue weighted by atomic mass is 15.1. The number of hydrogen-bond acceptors (Lipinski definition) is 1. The fourth-order valence-corrected chi connectivity index (χ4v) is 2.32. The lowest BCUT2D eigenvalue weighted by Crippen LogP contribution is -2.24. The molecule has 0 bridgehead atoms. The largest absolute Gasteiger partial charge is 0.374 e. The molecule has 0 fully saturated rings. The molecule has 0 atom stereocenters. The van der Waals surface area contributed by atoms with Crippen molar-refractivity contribution in [3.05, 3.63) is 34.9 Å². The van der Waals surface area contributed by atoms with Crippen molar-refractivity contribution in [2.24, 2.45) is 5.92 Å². The third kappa shape index (κ3) is 2.71. The number of aryl methyl sites for hydroxylation is 1. The molecule has 1 heterocycles. The standard InChI is InChI=1S/C16H23N/c1-12(2)13(3)10-14-7-8-16-15(11-14)6-5-9-17(16)4/h7-8,10-12H,5-6,9H2,1-4H3/b13-10+. The zero-order chi connectivity index (χ0) is 12.4. The van der Waals surface area contributed by atoms with E-state index in [2.05, 4.69) is 57.0 Å². The van der Waals surface area contributed by atoms with Crippen molar-refractivity contribution in [1.29, 1.82) is 0 Å². The Balaban J connectivity index is 2.31. The van der Waals surface area contributed by atoms with Gasteiger partial charge in [-0.3, -0.25) is 0 Å². The van der Waals surface area contributed by atoms with Crippen molar-refractivity contribution in [1.82, 2.24) is 0 Å². The molecule has 1 aliphatic heterocycles. The summed E-state index contributed by atoms with van der Waals surface area (Å²) >= 11 is 0. The third-order valence-corrected chi connectivity index (χ3v) is 3.76. The number of benzene rings is 1. The van der Waals surface area contributed by atoms with Crippen LogP contribution < -0.4 is 4.90 Å². The van der Waals surface area contributed by atoms with Gasteiger partial charge in [-0.15, -0.1) is 0 Å². The van der Waals surface area contributed by atoms with Crippen LogP contribution in [0.4, 0.5) is 5.69 Å². The van der Waals surface area contributed by atoms with E-state index < -0.39 is 0 Å². The second kappa shape index (κ2) is 4.95. The van der Waals surface area contributed by atoms with E-state index in [1.807, 2.05) is 0 Å². The summed E-state index contributed by atoms with van der Waals surface area (Å²) in [5, 5.41) is 0. The molecule has 0 spiro atoms. The summed E-state index contributed by atoms with van der Waals surface area (Å²) in [6.07, 6.45) is 4.82. The maximum Gasteiger partial charge on any atom is 0.0396 e. The first-order chi connectivity index (χ1) is 8.08. The van der Waals surface area contributed by atoms with E-state index in [0.717, 1.165) is 0 Å². The second-order valence-corrected chi connectivity index (χ2v) is 5.46. The minimum atomic E-state index is 0.633. The lowest BCUT2D eigenvalue weighted by atomic mass is 9.97. The Morgan fingerprint density at radius 3 is 2.82 bits per heavy atom. The van der Waals surface area contributed by atoms with Crippen molar-refractivity contribution >= 4 is 11.8 Å². The SMILES string of the molecule is C/C(=C\c1ccc2c(c1)CCCN2C)C(C)C. The number of hydrogen-bond donors (Lipinski definition) is 0. The molecule has 0 radical (unpaired) electrons. The van der Waals surface area contributed by atoms with Crippen molar-refractivity contribution < 1.29 is 0 Å². The zero-order valence-electron chi connectivity index (χ0n) is 11.5. The van der Waals surface area contributed by atoms with Crippen LogP contribution in [0.2, 0.25) is 0 Å². The molecule has 2 rings (SSSR count). The molecule has 0 aromatic heterocycles. The molecule has 1 nitrogen and oxygen atoms in total. The number of rotatable bonds is 2. The molecule has 92 valence electrons. The van der Waals surface area contributed by atoms with Gasteiger partial charge < -0.3 is 4.90 Å². The van der Waals surface area contributed by atoms with E-state index in [4.69, 9.17) is 0 Å². The summed E-state index contributed by atoms with van der Waals surface area (Å²) in [5.74, 6) is 0.633. The van der Waals surface area contributed by atoms with Gasteiger partial charge in [-0.05, 0) is 48.9 Å². The lowest BCUT2D eigenvalue weighted by Gasteiger charge is -2.27. The second-order valence-electron chi connectivity index (χ2n) is 5.46. The molecule has 1 heteroatoms.